The van der Waals surface area contributed by atoms with Crippen LogP contribution >= 0.6 is 0 Å². The van der Waals surface area contributed by atoms with Gasteiger partial charge in [0, 0.05) is 32.5 Å². The van der Waals surface area contributed by atoms with Gasteiger partial charge in [-0.15, -0.1) is 0 Å². The Morgan fingerprint density at radius 1 is 1.30 bits per heavy atom. The predicted molar refractivity (Wildman–Crippen MR) is 74.3 cm³/mol. The number of methoxy groups -OCH3 is 1. The molecule has 20 heavy (non-hydrogen) atoms. The van der Waals surface area contributed by atoms with Gasteiger partial charge in [0.1, 0.15) is 0 Å². The zero-order chi connectivity index (χ0) is 14.6. The fraction of sp³-hybridized carbons (Fsp3) is 0.867. The van der Waals surface area contributed by atoms with Gasteiger partial charge >= 0.3 is 5.97 Å². The lowest BCUT2D eigenvalue weighted by Gasteiger charge is -2.33. The lowest BCUT2D eigenvalue weighted by atomic mass is 9.71. The molecule has 0 aromatic heterocycles. The van der Waals surface area contributed by atoms with Gasteiger partial charge < -0.3 is 14.7 Å². The first-order valence-corrected chi connectivity index (χ1v) is 7.57. The lowest BCUT2D eigenvalue weighted by Crippen LogP contribution is -2.40. The summed E-state index contributed by atoms with van der Waals surface area (Å²) in [5.74, 6) is -0.387. The average Bonchev–Trinajstić information content (AvgIpc) is 2.89. The number of carbonyl (C=O) groups excluding carboxylic acids is 1. The molecule has 5 nitrogen and oxygen atoms in total. The van der Waals surface area contributed by atoms with Crippen LogP contribution < -0.4 is 0 Å². The van der Waals surface area contributed by atoms with Crippen molar-refractivity contribution in [3.8, 4) is 0 Å². The minimum Gasteiger partial charge on any atom is -0.481 e. The summed E-state index contributed by atoms with van der Waals surface area (Å²) < 4.78 is 5.13. The Morgan fingerprint density at radius 2 is 2.00 bits per heavy atom. The zero-order valence-corrected chi connectivity index (χ0v) is 12.3. The molecule has 2 fully saturated rings. The van der Waals surface area contributed by atoms with Gasteiger partial charge in [0.25, 0.3) is 0 Å². The smallest absolute Gasteiger partial charge is 0.310 e. The molecular weight excluding hydrogens is 258 g/mol. The third-order valence-electron chi connectivity index (χ3n) is 4.79. The highest BCUT2D eigenvalue weighted by atomic mass is 16.5. The second kappa shape index (κ2) is 6.57. The van der Waals surface area contributed by atoms with Gasteiger partial charge in [0.2, 0.25) is 5.91 Å². The number of amides is 1. The van der Waals surface area contributed by atoms with E-state index in [-0.39, 0.29) is 12.3 Å². The molecule has 0 bridgehead atoms. The molecule has 1 aliphatic carbocycles. The molecule has 2 aliphatic rings. The van der Waals surface area contributed by atoms with Gasteiger partial charge in [0.15, 0.2) is 0 Å². The fourth-order valence-corrected chi connectivity index (χ4v) is 3.53. The number of nitrogens with zero attached hydrogens (tertiary/aromatic N) is 1. The van der Waals surface area contributed by atoms with Crippen LogP contribution in [0.2, 0.25) is 0 Å². The first-order chi connectivity index (χ1) is 9.57. The number of carbonyl (C=O) groups is 2. The van der Waals surface area contributed by atoms with Crippen LogP contribution in [0.15, 0.2) is 0 Å². The highest BCUT2D eigenvalue weighted by molar-refractivity contribution is 5.85. The normalized spacial score (nSPS) is 25.6. The topological polar surface area (TPSA) is 66.8 Å². The molecule has 5 heteroatoms. The largest absolute Gasteiger partial charge is 0.481 e. The first kappa shape index (κ1) is 15.3. The van der Waals surface area contributed by atoms with Crippen LogP contribution in [-0.2, 0) is 14.3 Å². The van der Waals surface area contributed by atoms with E-state index < -0.39 is 11.4 Å². The fourth-order valence-electron chi connectivity index (χ4n) is 3.53. The van der Waals surface area contributed by atoms with E-state index in [0.29, 0.717) is 31.9 Å². The van der Waals surface area contributed by atoms with Gasteiger partial charge in [-0.25, -0.2) is 0 Å². The molecule has 1 saturated carbocycles. The van der Waals surface area contributed by atoms with E-state index >= 15 is 0 Å². The lowest BCUT2D eigenvalue weighted by molar-refractivity contribution is -0.155. The number of hydrogen-bond acceptors (Lipinski definition) is 3. The highest BCUT2D eigenvalue weighted by Crippen LogP contribution is 2.40. The van der Waals surface area contributed by atoms with E-state index in [1.165, 1.54) is 0 Å². The van der Waals surface area contributed by atoms with Crippen LogP contribution in [0.25, 0.3) is 0 Å². The molecule has 0 aromatic rings. The molecule has 1 amide bonds. The molecule has 1 N–H and O–H groups in total. The number of rotatable bonds is 5. The number of hydrogen-bond donors (Lipinski definition) is 1. The first-order valence-electron chi connectivity index (χ1n) is 7.57. The maximum atomic E-state index is 12.4. The molecule has 2 rings (SSSR count). The Labute approximate surface area is 120 Å². The maximum Gasteiger partial charge on any atom is 0.310 e. The highest BCUT2D eigenvalue weighted by Gasteiger charge is 2.43. The van der Waals surface area contributed by atoms with Crippen molar-refractivity contribution < 1.29 is 19.4 Å². The Hall–Kier alpha value is -1.10. The summed E-state index contributed by atoms with van der Waals surface area (Å²) in [7, 11) is 1.67. The van der Waals surface area contributed by atoms with Crippen molar-refractivity contribution in [1.82, 2.24) is 4.90 Å². The van der Waals surface area contributed by atoms with E-state index in [9.17, 15) is 14.7 Å². The van der Waals surface area contributed by atoms with Crippen LogP contribution in [0.3, 0.4) is 0 Å². The minimum absolute atomic E-state index is 0.00732. The predicted octanol–water partition coefficient (Wildman–Crippen LogP) is 1.91. The number of carboxylic acid groups (broad SMARTS) is 1. The van der Waals surface area contributed by atoms with E-state index in [0.717, 1.165) is 32.2 Å². The molecule has 0 spiro atoms. The molecule has 1 unspecified atom stereocenters. The minimum atomic E-state index is -0.811. The second-order valence-electron chi connectivity index (χ2n) is 6.27. The van der Waals surface area contributed by atoms with Crippen molar-refractivity contribution in [2.45, 2.75) is 44.9 Å². The summed E-state index contributed by atoms with van der Waals surface area (Å²) in [6.45, 7) is 2.12. The Bertz CT molecular complexity index is 363. The third kappa shape index (κ3) is 3.32. The Morgan fingerprint density at radius 3 is 2.60 bits per heavy atom. The van der Waals surface area contributed by atoms with Crippen LogP contribution in [-0.4, -0.2) is 48.7 Å². The summed E-state index contributed by atoms with van der Waals surface area (Å²) >= 11 is 0. The quantitative estimate of drug-likeness (QED) is 0.837. The van der Waals surface area contributed by atoms with Gasteiger partial charge in [-0.3, -0.25) is 9.59 Å². The van der Waals surface area contributed by atoms with E-state index in [1.54, 1.807) is 7.11 Å². The Kier molecular flexibility index (Phi) is 5.02. The molecule has 1 aliphatic heterocycles. The van der Waals surface area contributed by atoms with Gasteiger partial charge in [-0.05, 0) is 19.3 Å². The molecule has 1 atom stereocenters. The van der Waals surface area contributed by atoms with Crippen molar-refractivity contribution in [2.24, 2.45) is 11.3 Å². The second-order valence-corrected chi connectivity index (χ2v) is 6.27. The third-order valence-corrected chi connectivity index (χ3v) is 4.79. The zero-order valence-electron chi connectivity index (χ0n) is 12.3. The van der Waals surface area contributed by atoms with Crippen LogP contribution in [0, 0.1) is 11.3 Å². The van der Waals surface area contributed by atoms with Crippen molar-refractivity contribution in [3.63, 3.8) is 0 Å². The van der Waals surface area contributed by atoms with Crippen molar-refractivity contribution in [3.05, 3.63) is 0 Å². The number of likely N-dealkylation sites (tertiary alicyclic amines) is 1. The molecule has 0 aromatic carbocycles. The standard InChI is InChI=1S/C15H25NO4/c1-20-11-12-5-8-16(10-12)13(17)9-15(14(18)19)6-3-2-4-7-15/h12H,2-11H2,1H3,(H,18,19). The Balaban J connectivity index is 1.94. The van der Waals surface area contributed by atoms with Crippen molar-refractivity contribution in [1.29, 1.82) is 0 Å². The van der Waals surface area contributed by atoms with E-state index in [2.05, 4.69) is 0 Å². The maximum absolute atomic E-state index is 12.4. The summed E-state index contributed by atoms with van der Waals surface area (Å²) in [5, 5.41) is 9.53. The number of carboxylic acids is 1. The number of aliphatic carboxylic acids is 1. The van der Waals surface area contributed by atoms with Gasteiger partial charge in [0.05, 0.1) is 12.0 Å². The summed E-state index contributed by atoms with van der Waals surface area (Å²) in [6, 6.07) is 0. The van der Waals surface area contributed by atoms with Crippen molar-refractivity contribution in [2.75, 3.05) is 26.8 Å². The molecule has 1 saturated heterocycles. The summed E-state index contributed by atoms with van der Waals surface area (Å²) in [4.78, 5) is 25.8. The molecular formula is C15H25NO4. The van der Waals surface area contributed by atoms with Crippen LogP contribution in [0.1, 0.15) is 44.9 Å². The van der Waals surface area contributed by atoms with E-state index in [4.69, 9.17) is 4.74 Å². The van der Waals surface area contributed by atoms with Crippen molar-refractivity contribution >= 4 is 11.9 Å². The molecule has 0 radical (unpaired) electrons. The van der Waals surface area contributed by atoms with Crippen LogP contribution in [0.5, 0.6) is 0 Å². The monoisotopic (exact) mass is 283 g/mol. The summed E-state index contributed by atoms with van der Waals surface area (Å²) in [5.41, 5.74) is -0.811. The van der Waals surface area contributed by atoms with E-state index in [1.807, 2.05) is 4.90 Å². The SMILES string of the molecule is COCC1CCN(C(=O)CC2(C(=O)O)CCCCC2)C1. The number of ether oxygens (including phenoxy) is 1. The molecule has 1 heterocycles. The van der Waals surface area contributed by atoms with Gasteiger partial charge in [-0.2, -0.15) is 0 Å². The van der Waals surface area contributed by atoms with Gasteiger partial charge in [-0.1, -0.05) is 19.3 Å². The average molecular weight is 283 g/mol. The summed E-state index contributed by atoms with van der Waals surface area (Å²) in [6.07, 6.45) is 5.34. The molecule has 114 valence electrons. The van der Waals surface area contributed by atoms with Crippen LogP contribution in [0.4, 0.5) is 0 Å².